The Labute approximate surface area is 101 Å². The van der Waals surface area contributed by atoms with Crippen LogP contribution < -0.4 is 10.1 Å². The lowest BCUT2D eigenvalue weighted by atomic mass is 9.95. The molecule has 0 aromatic heterocycles. The highest BCUT2D eigenvalue weighted by molar-refractivity contribution is 5.52. The van der Waals surface area contributed by atoms with Gasteiger partial charge in [-0.25, -0.2) is 0 Å². The number of piperidine rings is 1. The van der Waals surface area contributed by atoms with Crippen molar-refractivity contribution in [2.45, 2.75) is 25.3 Å². The van der Waals surface area contributed by atoms with E-state index in [4.69, 9.17) is 10.00 Å². The number of hydrogen-bond acceptors (Lipinski definition) is 4. The molecule has 0 aliphatic carbocycles. The molecular weight excluding hydrogens is 216 g/mol. The van der Waals surface area contributed by atoms with E-state index in [2.05, 4.69) is 11.4 Å². The first-order chi connectivity index (χ1) is 8.26. The van der Waals surface area contributed by atoms with Crippen molar-refractivity contribution >= 4 is 0 Å². The van der Waals surface area contributed by atoms with E-state index in [1.54, 1.807) is 12.1 Å². The Morgan fingerprint density at radius 2 is 2.29 bits per heavy atom. The molecule has 0 amide bonds. The average Bonchev–Trinajstić information content (AvgIpc) is 2.40. The minimum atomic E-state index is 0.117. The smallest absolute Gasteiger partial charge is 0.162 e. The van der Waals surface area contributed by atoms with Gasteiger partial charge in [0.05, 0.1) is 18.7 Å². The van der Waals surface area contributed by atoms with Crippen LogP contribution in [0.15, 0.2) is 12.1 Å². The summed E-state index contributed by atoms with van der Waals surface area (Å²) in [4.78, 5) is 0. The van der Waals surface area contributed by atoms with E-state index >= 15 is 0 Å². The van der Waals surface area contributed by atoms with Crippen molar-refractivity contribution in [2.75, 3.05) is 13.7 Å². The second-order valence-electron chi connectivity index (χ2n) is 4.23. The molecule has 1 aromatic carbocycles. The summed E-state index contributed by atoms with van der Waals surface area (Å²) >= 11 is 0. The van der Waals surface area contributed by atoms with E-state index < -0.39 is 0 Å². The fourth-order valence-electron chi connectivity index (χ4n) is 2.23. The summed E-state index contributed by atoms with van der Waals surface area (Å²) in [6.45, 7) is 0.948. The summed E-state index contributed by atoms with van der Waals surface area (Å²) in [6, 6.07) is 5.50. The number of hydrogen-bond donors (Lipinski definition) is 2. The second kappa shape index (κ2) is 5.07. The zero-order valence-corrected chi connectivity index (χ0v) is 9.86. The lowest BCUT2D eigenvalue weighted by Gasteiger charge is -2.25. The highest BCUT2D eigenvalue weighted by Gasteiger charge is 2.21. The molecule has 1 aliphatic heterocycles. The van der Waals surface area contributed by atoms with Crippen LogP contribution in [0, 0.1) is 11.3 Å². The van der Waals surface area contributed by atoms with E-state index in [9.17, 15) is 5.11 Å². The summed E-state index contributed by atoms with van der Waals surface area (Å²) in [7, 11) is 1.49. The van der Waals surface area contributed by atoms with Gasteiger partial charge in [-0.05, 0) is 25.5 Å². The number of phenols is 1. The number of phenolic OH excluding ortho intramolecular Hbond substituents is 1. The van der Waals surface area contributed by atoms with Gasteiger partial charge in [-0.15, -0.1) is 0 Å². The number of aromatic hydroxyl groups is 1. The number of methoxy groups -OCH3 is 1. The van der Waals surface area contributed by atoms with Gasteiger partial charge < -0.3 is 15.2 Å². The molecule has 1 unspecified atom stereocenters. The summed E-state index contributed by atoms with van der Waals surface area (Å²) in [6.07, 6.45) is 3.27. The topological polar surface area (TPSA) is 65.3 Å². The van der Waals surface area contributed by atoms with Gasteiger partial charge >= 0.3 is 0 Å². The molecule has 4 heteroatoms. The number of ether oxygens (including phenoxy) is 1. The third-order valence-electron chi connectivity index (χ3n) is 3.14. The summed E-state index contributed by atoms with van der Waals surface area (Å²) in [5, 5.41) is 22.4. The maximum atomic E-state index is 10.1. The largest absolute Gasteiger partial charge is 0.504 e. The van der Waals surface area contributed by atoms with E-state index in [1.807, 2.05) is 0 Å². The van der Waals surface area contributed by atoms with Crippen LogP contribution in [-0.2, 0) is 0 Å². The first kappa shape index (κ1) is 11.7. The third-order valence-corrected chi connectivity index (χ3v) is 3.14. The molecule has 2 N–H and O–H groups in total. The first-order valence-corrected chi connectivity index (χ1v) is 5.80. The molecule has 0 radical (unpaired) electrons. The van der Waals surface area contributed by atoms with Crippen molar-refractivity contribution in [1.82, 2.24) is 5.32 Å². The van der Waals surface area contributed by atoms with Crippen LogP contribution in [0.4, 0.5) is 0 Å². The maximum Gasteiger partial charge on any atom is 0.162 e. The van der Waals surface area contributed by atoms with Crippen LogP contribution in [0.1, 0.15) is 36.4 Å². The Morgan fingerprint density at radius 3 is 2.88 bits per heavy atom. The van der Waals surface area contributed by atoms with Crippen LogP contribution in [0.5, 0.6) is 11.5 Å². The van der Waals surface area contributed by atoms with Crippen molar-refractivity contribution in [3.63, 3.8) is 0 Å². The van der Waals surface area contributed by atoms with Gasteiger partial charge in [0.15, 0.2) is 11.5 Å². The van der Waals surface area contributed by atoms with E-state index in [-0.39, 0.29) is 11.8 Å². The molecule has 2 rings (SSSR count). The minimum Gasteiger partial charge on any atom is -0.504 e. The highest BCUT2D eigenvalue weighted by atomic mass is 16.5. The van der Waals surface area contributed by atoms with Gasteiger partial charge in [-0.2, -0.15) is 5.26 Å². The fraction of sp³-hybridized carbons (Fsp3) is 0.462. The molecule has 1 atom stereocenters. The van der Waals surface area contributed by atoms with Gasteiger partial charge in [0.1, 0.15) is 0 Å². The van der Waals surface area contributed by atoms with Gasteiger partial charge in [-0.3, -0.25) is 0 Å². The summed E-state index contributed by atoms with van der Waals surface area (Å²) < 4.78 is 5.09. The number of nitrogens with one attached hydrogen (secondary N) is 1. The molecule has 1 saturated heterocycles. The van der Waals surface area contributed by atoms with Gasteiger partial charge in [0.2, 0.25) is 0 Å². The predicted molar refractivity (Wildman–Crippen MR) is 64.0 cm³/mol. The number of rotatable bonds is 2. The molecule has 1 heterocycles. The minimum absolute atomic E-state index is 0.117. The number of nitriles is 1. The standard InChI is InChI=1S/C13H16N2O2/c1-17-12-7-9(8-14)6-10(13(12)16)11-4-2-3-5-15-11/h6-7,11,15-16H,2-5H2,1H3. The molecule has 0 bridgehead atoms. The predicted octanol–water partition coefficient (Wildman–Crippen LogP) is 2.09. The summed E-state index contributed by atoms with van der Waals surface area (Å²) in [5.41, 5.74) is 1.28. The van der Waals surface area contributed by atoms with Crippen molar-refractivity contribution in [1.29, 1.82) is 5.26 Å². The Balaban J connectivity index is 2.40. The van der Waals surface area contributed by atoms with E-state index in [0.717, 1.165) is 31.4 Å². The summed E-state index contributed by atoms with van der Waals surface area (Å²) in [5.74, 6) is 0.511. The third kappa shape index (κ3) is 2.34. The van der Waals surface area contributed by atoms with Gasteiger partial charge in [0.25, 0.3) is 0 Å². The quantitative estimate of drug-likeness (QED) is 0.819. The molecule has 1 aromatic rings. The van der Waals surface area contributed by atoms with Crippen molar-refractivity contribution in [3.05, 3.63) is 23.3 Å². The Kier molecular flexibility index (Phi) is 3.50. The van der Waals surface area contributed by atoms with Crippen LogP contribution >= 0.6 is 0 Å². The molecular formula is C13H16N2O2. The van der Waals surface area contributed by atoms with Crippen LogP contribution in [0.2, 0.25) is 0 Å². The Bertz CT molecular complexity index is 445. The highest BCUT2D eigenvalue weighted by Crippen LogP contribution is 2.37. The molecule has 4 nitrogen and oxygen atoms in total. The normalized spacial score (nSPS) is 19.6. The SMILES string of the molecule is COc1cc(C#N)cc(C2CCCCN2)c1O. The van der Waals surface area contributed by atoms with E-state index in [0.29, 0.717) is 11.3 Å². The fourth-order valence-corrected chi connectivity index (χ4v) is 2.23. The average molecular weight is 232 g/mol. The number of benzene rings is 1. The van der Waals surface area contributed by atoms with Crippen molar-refractivity contribution in [3.8, 4) is 17.6 Å². The monoisotopic (exact) mass is 232 g/mol. The first-order valence-electron chi connectivity index (χ1n) is 5.80. The van der Waals surface area contributed by atoms with E-state index in [1.165, 1.54) is 7.11 Å². The molecule has 1 fully saturated rings. The lowest BCUT2D eigenvalue weighted by Crippen LogP contribution is -2.26. The van der Waals surface area contributed by atoms with Crippen LogP contribution in [0.25, 0.3) is 0 Å². The Hall–Kier alpha value is -1.73. The lowest BCUT2D eigenvalue weighted by molar-refractivity contribution is 0.354. The van der Waals surface area contributed by atoms with Crippen molar-refractivity contribution < 1.29 is 9.84 Å². The molecule has 90 valence electrons. The maximum absolute atomic E-state index is 10.1. The molecule has 1 aliphatic rings. The van der Waals surface area contributed by atoms with Gasteiger partial charge in [-0.1, -0.05) is 6.42 Å². The second-order valence-corrected chi connectivity index (χ2v) is 4.23. The number of nitrogens with zero attached hydrogens (tertiary/aromatic N) is 1. The zero-order valence-electron chi connectivity index (χ0n) is 9.86. The van der Waals surface area contributed by atoms with Gasteiger partial charge in [0, 0.05) is 17.7 Å². The molecule has 0 spiro atoms. The molecule has 0 saturated carbocycles. The van der Waals surface area contributed by atoms with Crippen molar-refractivity contribution in [2.24, 2.45) is 0 Å². The molecule has 17 heavy (non-hydrogen) atoms. The zero-order chi connectivity index (χ0) is 12.3. The van der Waals surface area contributed by atoms with Crippen LogP contribution in [-0.4, -0.2) is 18.8 Å². The van der Waals surface area contributed by atoms with Crippen LogP contribution in [0.3, 0.4) is 0 Å². The Morgan fingerprint density at radius 1 is 1.47 bits per heavy atom.